The van der Waals surface area contributed by atoms with Gasteiger partial charge in [-0.15, -0.1) is 0 Å². The van der Waals surface area contributed by atoms with Crippen LogP contribution in [0, 0.1) is 19.8 Å². The zero-order valence-corrected chi connectivity index (χ0v) is 16.7. The lowest BCUT2D eigenvalue weighted by Gasteiger charge is -2.30. The van der Waals surface area contributed by atoms with Gasteiger partial charge in [-0.3, -0.25) is 4.79 Å². The average molecular weight is 413 g/mol. The molecule has 0 bridgehead atoms. The molecule has 2 aromatic rings. The van der Waals surface area contributed by atoms with Crippen molar-refractivity contribution in [3.8, 4) is 0 Å². The van der Waals surface area contributed by atoms with Gasteiger partial charge in [0.1, 0.15) is 17.2 Å². The van der Waals surface area contributed by atoms with E-state index < -0.39 is 21.9 Å². The molecule has 0 amide bonds. The number of esters is 1. The van der Waals surface area contributed by atoms with Gasteiger partial charge >= 0.3 is 5.97 Å². The number of piperidine rings is 1. The Hall–Kier alpha value is -1.90. The van der Waals surface area contributed by atoms with Crippen LogP contribution >= 0.6 is 11.6 Å². The average Bonchev–Trinajstić information content (AvgIpc) is 3.00. The Bertz CT molecular complexity index is 921. The van der Waals surface area contributed by atoms with Crippen LogP contribution in [0.5, 0.6) is 0 Å². The molecular formula is C18H21ClN2O5S. The van der Waals surface area contributed by atoms with Crippen LogP contribution in [0.1, 0.15) is 29.9 Å². The first-order chi connectivity index (χ1) is 12.8. The maximum absolute atomic E-state index is 12.9. The summed E-state index contributed by atoms with van der Waals surface area (Å²) in [7, 11) is -3.77. The van der Waals surface area contributed by atoms with Crippen molar-refractivity contribution in [2.45, 2.75) is 38.2 Å². The van der Waals surface area contributed by atoms with E-state index in [0.29, 0.717) is 35.7 Å². The molecule has 0 saturated carbocycles. The van der Waals surface area contributed by atoms with Gasteiger partial charge in [0.2, 0.25) is 10.0 Å². The fraction of sp³-hybridized carbons (Fsp3) is 0.444. The molecule has 1 aromatic carbocycles. The fourth-order valence-corrected chi connectivity index (χ4v) is 5.21. The topological polar surface area (TPSA) is 89.7 Å². The molecule has 0 N–H and O–H groups in total. The molecule has 1 aromatic heterocycles. The minimum atomic E-state index is -3.77. The van der Waals surface area contributed by atoms with Crippen LogP contribution in [0.25, 0.3) is 0 Å². The molecule has 27 heavy (non-hydrogen) atoms. The molecule has 7 nitrogen and oxygen atoms in total. The highest BCUT2D eigenvalue weighted by atomic mass is 35.5. The normalized spacial score (nSPS) is 18.4. The first kappa shape index (κ1) is 19.9. The minimum absolute atomic E-state index is 0.0611. The number of hydrogen-bond donors (Lipinski definition) is 0. The largest absolute Gasteiger partial charge is 0.461 e. The summed E-state index contributed by atoms with van der Waals surface area (Å²) >= 11 is 6.07. The molecule has 1 aliphatic rings. The van der Waals surface area contributed by atoms with Crippen molar-refractivity contribution in [1.82, 2.24) is 9.46 Å². The summed E-state index contributed by atoms with van der Waals surface area (Å²) in [5.74, 6) is -0.694. The standard InChI is InChI=1S/C18H21ClN2O5S/c1-12-17(13(2)26-20-12)27(23,24)21-9-5-7-14(10-21)18(22)25-11-15-6-3-4-8-16(15)19/h3-4,6,8,14H,5,7,9-11H2,1-2H3. The molecule has 1 aliphatic heterocycles. The van der Waals surface area contributed by atoms with Crippen molar-refractivity contribution in [3.05, 3.63) is 46.3 Å². The fourth-order valence-electron chi connectivity index (χ4n) is 3.21. The van der Waals surface area contributed by atoms with Gasteiger partial charge in [0, 0.05) is 23.7 Å². The number of sulfonamides is 1. The number of hydrogen-bond acceptors (Lipinski definition) is 6. The lowest BCUT2D eigenvalue weighted by molar-refractivity contribution is -0.151. The maximum atomic E-state index is 12.9. The molecule has 3 rings (SSSR count). The molecule has 1 fully saturated rings. The van der Waals surface area contributed by atoms with Crippen LogP contribution in [0.4, 0.5) is 0 Å². The Morgan fingerprint density at radius 2 is 2.11 bits per heavy atom. The number of rotatable bonds is 5. The second-order valence-electron chi connectivity index (χ2n) is 6.55. The summed E-state index contributed by atoms with van der Waals surface area (Å²) in [4.78, 5) is 12.5. The van der Waals surface area contributed by atoms with Crippen molar-refractivity contribution in [2.75, 3.05) is 13.1 Å². The molecule has 2 heterocycles. The van der Waals surface area contributed by atoms with Crippen LogP contribution in [0.3, 0.4) is 0 Å². The van der Waals surface area contributed by atoms with Crippen LogP contribution in [-0.2, 0) is 26.2 Å². The van der Waals surface area contributed by atoms with Gasteiger partial charge in [-0.1, -0.05) is 35.0 Å². The van der Waals surface area contributed by atoms with Crippen LogP contribution in [0.15, 0.2) is 33.7 Å². The molecule has 0 radical (unpaired) electrons. The third-order valence-electron chi connectivity index (χ3n) is 4.61. The summed E-state index contributed by atoms with van der Waals surface area (Å²) in [6.07, 6.45) is 1.16. The molecule has 1 unspecified atom stereocenters. The van der Waals surface area contributed by atoms with E-state index in [4.69, 9.17) is 20.9 Å². The number of carbonyl (C=O) groups is 1. The number of aromatic nitrogens is 1. The van der Waals surface area contributed by atoms with Gasteiger partial charge < -0.3 is 9.26 Å². The minimum Gasteiger partial charge on any atom is -0.461 e. The highest BCUT2D eigenvalue weighted by molar-refractivity contribution is 7.89. The molecule has 0 aliphatic carbocycles. The van der Waals surface area contributed by atoms with E-state index in [1.807, 2.05) is 6.07 Å². The van der Waals surface area contributed by atoms with E-state index in [9.17, 15) is 13.2 Å². The van der Waals surface area contributed by atoms with Crippen molar-refractivity contribution in [2.24, 2.45) is 5.92 Å². The zero-order chi connectivity index (χ0) is 19.6. The van der Waals surface area contributed by atoms with E-state index in [-0.39, 0.29) is 23.8 Å². The predicted octanol–water partition coefficient (Wildman–Crippen LogP) is 3.09. The Morgan fingerprint density at radius 3 is 2.78 bits per heavy atom. The molecule has 0 spiro atoms. The number of nitrogens with zero attached hydrogens (tertiary/aromatic N) is 2. The van der Waals surface area contributed by atoms with Crippen LogP contribution < -0.4 is 0 Å². The predicted molar refractivity (Wildman–Crippen MR) is 98.7 cm³/mol. The lowest BCUT2D eigenvalue weighted by Crippen LogP contribution is -2.43. The Kier molecular flexibility index (Phi) is 5.88. The highest BCUT2D eigenvalue weighted by Crippen LogP contribution is 2.28. The van der Waals surface area contributed by atoms with Crippen LogP contribution in [0.2, 0.25) is 5.02 Å². The number of carbonyl (C=O) groups excluding carboxylic acids is 1. The molecule has 1 atom stereocenters. The summed E-state index contributed by atoms with van der Waals surface area (Å²) in [5.41, 5.74) is 1.03. The Labute approximate surface area is 163 Å². The summed E-state index contributed by atoms with van der Waals surface area (Å²) in [6.45, 7) is 3.63. The maximum Gasteiger partial charge on any atom is 0.310 e. The Balaban J connectivity index is 1.69. The van der Waals surface area contributed by atoms with Crippen molar-refractivity contribution in [1.29, 1.82) is 0 Å². The van der Waals surface area contributed by atoms with Gasteiger partial charge in [0.25, 0.3) is 0 Å². The second kappa shape index (κ2) is 8.00. The molecule has 9 heteroatoms. The van der Waals surface area contributed by atoms with Gasteiger partial charge in [0.05, 0.1) is 5.92 Å². The van der Waals surface area contributed by atoms with Gasteiger partial charge in [-0.2, -0.15) is 4.31 Å². The second-order valence-corrected chi connectivity index (χ2v) is 8.84. The van der Waals surface area contributed by atoms with E-state index in [2.05, 4.69) is 5.16 Å². The van der Waals surface area contributed by atoms with E-state index in [1.54, 1.807) is 32.0 Å². The van der Waals surface area contributed by atoms with Crippen molar-refractivity contribution < 1.29 is 22.5 Å². The quantitative estimate of drug-likeness (QED) is 0.701. The SMILES string of the molecule is Cc1noc(C)c1S(=O)(=O)N1CCCC(C(=O)OCc2ccccc2Cl)C1. The van der Waals surface area contributed by atoms with E-state index in [0.717, 1.165) is 0 Å². The third-order valence-corrected chi connectivity index (χ3v) is 7.09. The highest BCUT2D eigenvalue weighted by Gasteiger charge is 2.37. The van der Waals surface area contributed by atoms with Crippen LogP contribution in [-0.4, -0.2) is 36.9 Å². The monoisotopic (exact) mass is 412 g/mol. The van der Waals surface area contributed by atoms with Crippen molar-refractivity contribution in [3.63, 3.8) is 0 Å². The Morgan fingerprint density at radius 1 is 1.37 bits per heavy atom. The summed E-state index contributed by atoms with van der Waals surface area (Å²) < 4.78 is 37.5. The molecule has 146 valence electrons. The smallest absolute Gasteiger partial charge is 0.310 e. The molecule has 1 saturated heterocycles. The molecular weight excluding hydrogens is 392 g/mol. The van der Waals surface area contributed by atoms with Gasteiger partial charge in [-0.25, -0.2) is 8.42 Å². The summed E-state index contributed by atoms with van der Waals surface area (Å²) in [6, 6.07) is 7.12. The van der Waals surface area contributed by atoms with Crippen molar-refractivity contribution >= 4 is 27.6 Å². The van der Waals surface area contributed by atoms with E-state index >= 15 is 0 Å². The third kappa shape index (κ3) is 4.17. The number of ether oxygens (including phenoxy) is 1. The first-order valence-electron chi connectivity index (χ1n) is 8.63. The van der Waals surface area contributed by atoms with E-state index in [1.165, 1.54) is 4.31 Å². The van der Waals surface area contributed by atoms with Gasteiger partial charge in [-0.05, 0) is 32.8 Å². The number of aryl methyl sites for hydroxylation is 2. The zero-order valence-electron chi connectivity index (χ0n) is 15.1. The van der Waals surface area contributed by atoms with Gasteiger partial charge in [0.15, 0.2) is 5.76 Å². The lowest BCUT2D eigenvalue weighted by atomic mass is 10.00. The summed E-state index contributed by atoms with van der Waals surface area (Å²) in [5, 5.41) is 4.24. The number of halogens is 1. The number of benzene rings is 1. The first-order valence-corrected chi connectivity index (χ1v) is 10.5.